The number of amides is 1. The van der Waals surface area contributed by atoms with Crippen LogP contribution >= 0.6 is 0 Å². The Morgan fingerprint density at radius 1 is 1.13 bits per heavy atom. The van der Waals surface area contributed by atoms with Crippen LogP contribution in [0.1, 0.15) is 23.6 Å². The molecule has 23 heavy (non-hydrogen) atoms. The molecule has 3 aromatic heterocycles. The number of carbonyl (C=O) groups excluding carboxylic acids is 1. The van der Waals surface area contributed by atoms with Crippen molar-refractivity contribution in [3.63, 3.8) is 0 Å². The molecule has 0 aliphatic carbocycles. The molecule has 0 fully saturated rings. The van der Waals surface area contributed by atoms with E-state index >= 15 is 0 Å². The maximum absolute atomic E-state index is 12.0. The van der Waals surface area contributed by atoms with Crippen molar-refractivity contribution >= 4 is 11.6 Å². The zero-order valence-corrected chi connectivity index (χ0v) is 13.5. The Morgan fingerprint density at radius 2 is 1.91 bits per heavy atom. The van der Waals surface area contributed by atoms with Crippen LogP contribution in [-0.4, -0.2) is 31.6 Å². The fourth-order valence-corrected chi connectivity index (χ4v) is 2.73. The molecule has 1 amide bonds. The molecule has 0 unspecified atom stereocenters. The Hall–Kier alpha value is -2.63. The van der Waals surface area contributed by atoms with E-state index in [0.29, 0.717) is 25.9 Å². The molecule has 0 aliphatic heterocycles. The van der Waals surface area contributed by atoms with E-state index in [1.165, 1.54) is 11.4 Å². The number of nitrogens with one attached hydrogen (secondary N) is 1. The Bertz CT molecular complexity index is 798. The summed E-state index contributed by atoms with van der Waals surface area (Å²) in [5.41, 5.74) is 3.20. The van der Waals surface area contributed by atoms with Crippen LogP contribution < -0.4 is 5.32 Å². The Morgan fingerprint density at radius 3 is 2.70 bits per heavy atom. The molecule has 0 aromatic carbocycles. The van der Waals surface area contributed by atoms with Crippen molar-refractivity contribution in [1.82, 2.24) is 24.5 Å². The first-order valence-corrected chi connectivity index (χ1v) is 7.83. The summed E-state index contributed by atoms with van der Waals surface area (Å²) in [5, 5.41) is 11.2. The summed E-state index contributed by atoms with van der Waals surface area (Å²) >= 11 is 0. The first-order valence-electron chi connectivity index (χ1n) is 7.83. The molecule has 3 rings (SSSR count). The lowest BCUT2D eigenvalue weighted by molar-refractivity contribution is -0.121. The number of fused-ring (bicyclic) bond motifs is 1. The molecule has 0 atom stereocenters. The molecule has 1 N–H and O–H groups in total. The predicted molar refractivity (Wildman–Crippen MR) is 88.2 cm³/mol. The highest BCUT2D eigenvalue weighted by Crippen LogP contribution is 2.08. The van der Waals surface area contributed by atoms with Gasteiger partial charge in [-0.3, -0.25) is 9.20 Å². The number of rotatable bonds is 6. The second-order valence-corrected chi connectivity index (χ2v) is 5.66. The third-order valence-electron chi connectivity index (χ3n) is 4.03. The van der Waals surface area contributed by atoms with E-state index in [0.717, 1.165) is 11.5 Å². The van der Waals surface area contributed by atoms with E-state index in [1.807, 2.05) is 28.8 Å². The standard InChI is InChI=1S/C17H21N5O/c1-13-6-7-14(2)21(13)12-9-17(23)18-10-8-16-20-19-15-5-3-4-11-22(15)16/h3-7,11H,8-10,12H2,1-2H3,(H,18,23). The zero-order valence-electron chi connectivity index (χ0n) is 13.5. The molecule has 6 nitrogen and oxygen atoms in total. The molecule has 0 saturated carbocycles. The van der Waals surface area contributed by atoms with E-state index < -0.39 is 0 Å². The van der Waals surface area contributed by atoms with Gasteiger partial charge in [-0.25, -0.2) is 0 Å². The molecule has 0 spiro atoms. The molecule has 0 aliphatic rings. The number of aromatic nitrogens is 4. The van der Waals surface area contributed by atoms with Gasteiger partial charge in [0.1, 0.15) is 5.82 Å². The molecular formula is C17H21N5O. The van der Waals surface area contributed by atoms with Crippen LogP contribution in [0.15, 0.2) is 36.5 Å². The molecule has 6 heteroatoms. The average Bonchev–Trinajstić information content (AvgIpc) is 3.10. The highest BCUT2D eigenvalue weighted by Gasteiger charge is 2.07. The van der Waals surface area contributed by atoms with Gasteiger partial charge in [0.15, 0.2) is 5.65 Å². The topological polar surface area (TPSA) is 64.2 Å². The van der Waals surface area contributed by atoms with Gasteiger partial charge in [0.25, 0.3) is 0 Å². The maximum Gasteiger partial charge on any atom is 0.221 e. The van der Waals surface area contributed by atoms with Crippen LogP contribution in [0.3, 0.4) is 0 Å². The number of pyridine rings is 1. The number of nitrogens with zero attached hydrogens (tertiary/aromatic N) is 4. The highest BCUT2D eigenvalue weighted by atomic mass is 16.1. The van der Waals surface area contributed by atoms with Crippen molar-refractivity contribution in [3.05, 3.63) is 53.7 Å². The summed E-state index contributed by atoms with van der Waals surface area (Å²) in [5.74, 6) is 0.921. The second kappa shape index (κ2) is 6.64. The molecular weight excluding hydrogens is 290 g/mol. The van der Waals surface area contributed by atoms with Gasteiger partial charge in [0, 0.05) is 43.5 Å². The Kier molecular flexibility index (Phi) is 4.41. The van der Waals surface area contributed by atoms with E-state index in [-0.39, 0.29) is 5.91 Å². The van der Waals surface area contributed by atoms with Crippen LogP contribution in [0.2, 0.25) is 0 Å². The van der Waals surface area contributed by atoms with Crippen molar-refractivity contribution in [2.75, 3.05) is 6.54 Å². The zero-order chi connectivity index (χ0) is 16.2. The third-order valence-corrected chi connectivity index (χ3v) is 4.03. The minimum absolute atomic E-state index is 0.0614. The Balaban J connectivity index is 1.48. The van der Waals surface area contributed by atoms with E-state index in [1.54, 1.807) is 0 Å². The second-order valence-electron chi connectivity index (χ2n) is 5.66. The highest BCUT2D eigenvalue weighted by molar-refractivity contribution is 5.75. The molecule has 3 aromatic rings. The van der Waals surface area contributed by atoms with Gasteiger partial charge in [0.05, 0.1) is 0 Å². The van der Waals surface area contributed by atoms with Gasteiger partial charge in [-0.05, 0) is 38.1 Å². The summed E-state index contributed by atoms with van der Waals surface area (Å²) in [6.45, 7) is 5.39. The van der Waals surface area contributed by atoms with Crippen molar-refractivity contribution in [2.24, 2.45) is 0 Å². The number of hydrogen-bond acceptors (Lipinski definition) is 3. The quantitative estimate of drug-likeness (QED) is 0.756. The number of hydrogen-bond donors (Lipinski definition) is 1. The van der Waals surface area contributed by atoms with Crippen LogP contribution in [-0.2, 0) is 17.8 Å². The van der Waals surface area contributed by atoms with Gasteiger partial charge >= 0.3 is 0 Å². The minimum atomic E-state index is 0.0614. The van der Waals surface area contributed by atoms with Crippen LogP contribution in [0.25, 0.3) is 5.65 Å². The minimum Gasteiger partial charge on any atom is -0.356 e. The van der Waals surface area contributed by atoms with Gasteiger partial charge in [0.2, 0.25) is 5.91 Å². The van der Waals surface area contributed by atoms with Crippen molar-refractivity contribution in [2.45, 2.75) is 33.2 Å². The summed E-state index contributed by atoms with van der Waals surface area (Å²) in [6, 6.07) is 9.94. The summed E-state index contributed by atoms with van der Waals surface area (Å²) in [7, 11) is 0. The molecule has 0 bridgehead atoms. The first-order chi connectivity index (χ1) is 11.1. The summed E-state index contributed by atoms with van der Waals surface area (Å²) in [4.78, 5) is 12.0. The SMILES string of the molecule is Cc1ccc(C)n1CCC(=O)NCCc1nnc2ccccn12. The van der Waals surface area contributed by atoms with E-state index in [4.69, 9.17) is 0 Å². The number of aryl methyl sites for hydroxylation is 2. The van der Waals surface area contributed by atoms with Crippen molar-refractivity contribution in [3.8, 4) is 0 Å². The van der Waals surface area contributed by atoms with Crippen molar-refractivity contribution < 1.29 is 4.79 Å². The normalized spacial score (nSPS) is 11.0. The molecule has 0 radical (unpaired) electrons. The lowest BCUT2D eigenvalue weighted by atomic mass is 10.3. The van der Waals surface area contributed by atoms with E-state index in [2.05, 4.69) is 46.1 Å². The van der Waals surface area contributed by atoms with Crippen LogP contribution in [0.5, 0.6) is 0 Å². The Labute approximate surface area is 135 Å². The van der Waals surface area contributed by atoms with Crippen molar-refractivity contribution in [1.29, 1.82) is 0 Å². The van der Waals surface area contributed by atoms with Gasteiger partial charge in [-0.15, -0.1) is 10.2 Å². The lowest BCUT2D eigenvalue weighted by Crippen LogP contribution is -2.27. The van der Waals surface area contributed by atoms with Gasteiger partial charge in [-0.1, -0.05) is 6.07 Å². The van der Waals surface area contributed by atoms with Crippen LogP contribution in [0.4, 0.5) is 0 Å². The monoisotopic (exact) mass is 311 g/mol. The average molecular weight is 311 g/mol. The molecule has 0 saturated heterocycles. The molecule has 120 valence electrons. The molecule has 3 heterocycles. The van der Waals surface area contributed by atoms with Gasteiger partial charge < -0.3 is 9.88 Å². The summed E-state index contributed by atoms with van der Waals surface area (Å²) in [6.07, 6.45) is 3.08. The lowest BCUT2D eigenvalue weighted by Gasteiger charge is -2.09. The van der Waals surface area contributed by atoms with E-state index in [9.17, 15) is 4.79 Å². The largest absolute Gasteiger partial charge is 0.356 e. The predicted octanol–water partition coefficient (Wildman–Crippen LogP) is 1.90. The van der Waals surface area contributed by atoms with Crippen LogP contribution in [0, 0.1) is 13.8 Å². The summed E-state index contributed by atoms with van der Waals surface area (Å²) < 4.78 is 4.10. The number of carbonyl (C=O) groups is 1. The smallest absolute Gasteiger partial charge is 0.221 e. The first kappa shape index (κ1) is 15.3. The fourth-order valence-electron chi connectivity index (χ4n) is 2.73. The third kappa shape index (κ3) is 3.41. The maximum atomic E-state index is 12.0. The van der Waals surface area contributed by atoms with Gasteiger partial charge in [-0.2, -0.15) is 0 Å². The fraction of sp³-hybridized carbons (Fsp3) is 0.353.